The van der Waals surface area contributed by atoms with E-state index in [2.05, 4.69) is 40.1 Å². The van der Waals surface area contributed by atoms with Gasteiger partial charge in [0.05, 0.1) is 0 Å². The van der Waals surface area contributed by atoms with E-state index < -0.39 is 6.61 Å². The first-order chi connectivity index (χ1) is 6.22. The van der Waals surface area contributed by atoms with E-state index in [1.165, 1.54) is 3.58 Å². The minimum atomic E-state index is -0.427. The fourth-order valence-electron chi connectivity index (χ4n) is 1.09. The van der Waals surface area contributed by atoms with Crippen molar-refractivity contribution in [2.24, 2.45) is 5.92 Å². The summed E-state index contributed by atoms with van der Waals surface area (Å²) in [4.78, 5) is 10.7. The summed E-state index contributed by atoms with van der Waals surface area (Å²) in [6.45, 7) is 0.181. The van der Waals surface area contributed by atoms with E-state index in [0.717, 1.165) is 6.42 Å². The summed E-state index contributed by atoms with van der Waals surface area (Å²) < 4.78 is 1.24. The number of halogens is 1. The molecule has 4 heteroatoms. The van der Waals surface area contributed by atoms with Crippen molar-refractivity contribution in [3.05, 3.63) is 21.8 Å². The van der Waals surface area contributed by atoms with Crippen LogP contribution in [0.4, 0.5) is 0 Å². The van der Waals surface area contributed by atoms with Crippen molar-refractivity contribution >= 4 is 28.5 Å². The fraction of sp³-hybridized carbons (Fsp3) is 0.444. The smallest absolute Gasteiger partial charge is 0.245 e. The van der Waals surface area contributed by atoms with Crippen LogP contribution >= 0.6 is 22.6 Å². The molecule has 13 heavy (non-hydrogen) atoms. The van der Waals surface area contributed by atoms with Crippen LogP contribution in [0.2, 0.25) is 0 Å². The van der Waals surface area contributed by atoms with E-state index in [4.69, 9.17) is 5.11 Å². The molecule has 0 bridgehead atoms. The molecular formula is C9H12INO2. The molecule has 1 atom stereocenters. The zero-order chi connectivity index (χ0) is 9.68. The standard InChI is InChI=1S/C9H12INO2/c10-8-3-1-7(2-4-8)5-11-9(13)6-12/h1,3-4,7,12H,2,5-6H2,(H,11,13)/t7-/m0/s1. The van der Waals surface area contributed by atoms with Crippen molar-refractivity contribution in [1.29, 1.82) is 0 Å². The van der Waals surface area contributed by atoms with Crippen LogP contribution in [0, 0.1) is 5.92 Å². The Morgan fingerprint density at radius 3 is 3.08 bits per heavy atom. The Balaban J connectivity index is 2.25. The van der Waals surface area contributed by atoms with E-state index in [-0.39, 0.29) is 5.91 Å². The number of nitrogens with one attached hydrogen (secondary N) is 1. The third-order valence-corrected chi connectivity index (χ3v) is 2.65. The molecule has 1 amide bonds. The molecule has 0 aromatic rings. The van der Waals surface area contributed by atoms with Gasteiger partial charge in [-0.3, -0.25) is 4.79 Å². The topological polar surface area (TPSA) is 49.3 Å². The van der Waals surface area contributed by atoms with Crippen molar-refractivity contribution in [1.82, 2.24) is 5.32 Å². The van der Waals surface area contributed by atoms with Gasteiger partial charge in [-0.05, 0) is 34.9 Å². The lowest BCUT2D eigenvalue weighted by molar-refractivity contribution is -0.123. The first kappa shape index (κ1) is 10.7. The second-order valence-corrected chi connectivity index (χ2v) is 4.15. The van der Waals surface area contributed by atoms with Gasteiger partial charge in [0, 0.05) is 10.1 Å². The molecule has 0 unspecified atom stereocenters. The van der Waals surface area contributed by atoms with Gasteiger partial charge in [0.2, 0.25) is 5.91 Å². The lowest BCUT2D eigenvalue weighted by Gasteiger charge is -2.14. The number of carbonyl (C=O) groups is 1. The van der Waals surface area contributed by atoms with E-state index in [1.54, 1.807) is 0 Å². The second kappa shape index (κ2) is 5.39. The highest BCUT2D eigenvalue weighted by Gasteiger charge is 2.08. The average Bonchev–Trinajstić information content (AvgIpc) is 2.16. The zero-order valence-electron chi connectivity index (χ0n) is 7.16. The molecule has 1 rings (SSSR count). The Hall–Kier alpha value is -0.360. The van der Waals surface area contributed by atoms with Gasteiger partial charge in [-0.2, -0.15) is 0 Å². The van der Waals surface area contributed by atoms with E-state index >= 15 is 0 Å². The number of hydrogen-bond acceptors (Lipinski definition) is 2. The maximum atomic E-state index is 10.7. The molecule has 0 saturated carbocycles. The van der Waals surface area contributed by atoms with Crippen LogP contribution < -0.4 is 5.32 Å². The summed E-state index contributed by atoms with van der Waals surface area (Å²) in [6.07, 6.45) is 7.22. The number of aliphatic hydroxyl groups excluding tert-OH is 1. The average molecular weight is 293 g/mol. The Bertz CT molecular complexity index is 248. The quantitative estimate of drug-likeness (QED) is 0.762. The largest absolute Gasteiger partial charge is 0.387 e. The van der Waals surface area contributed by atoms with Gasteiger partial charge < -0.3 is 10.4 Å². The monoisotopic (exact) mass is 293 g/mol. The third-order valence-electron chi connectivity index (χ3n) is 1.85. The van der Waals surface area contributed by atoms with Gasteiger partial charge in [0.1, 0.15) is 6.61 Å². The summed E-state index contributed by atoms with van der Waals surface area (Å²) in [5.41, 5.74) is 0. The fourth-order valence-corrected chi connectivity index (χ4v) is 1.55. The number of amides is 1. The molecule has 0 aromatic heterocycles. The number of hydrogen-bond donors (Lipinski definition) is 2. The minimum absolute atomic E-state index is 0.308. The van der Waals surface area contributed by atoms with Gasteiger partial charge in [0.25, 0.3) is 0 Å². The molecule has 1 aliphatic carbocycles. The maximum absolute atomic E-state index is 10.7. The van der Waals surface area contributed by atoms with Gasteiger partial charge in [-0.15, -0.1) is 0 Å². The molecule has 72 valence electrons. The number of allylic oxidation sites excluding steroid dienone is 3. The predicted molar refractivity (Wildman–Crippen MR) is 59.4 cm³/mol. The van der Waals surface area contributed by atoms with Crippen LogP contribution in [0.1, 0.15) is 6.42 Å². The summed E-state index contributed by atoms with van der Waals surface area (Å²) in [5.74, 6) is 0.0617. The van der Waals surface area contributed by atoms with Crippen molar-refractivity contribution in [3.63, 3.8) is 0 Å². The molecule has 0 aliphatic heterocycles. The molecular weight excluding hydrogens is 281 g/mol. The van der Waals surface area contributed by atoms with E-state index in [1.807, 2.05) is 6.08 Å². The maximum Gasteiger partial charge on any atom is 0.245 e. The van der Waals surface area contributed by atoms with Crippen LogP contribution in [0.15, 0.2) is 21.8 Å². The summed E-state index contributed by atoms with van der Waals surface area (Å²) >= 11 is 2.26. The molecule has 0 heterocycles. The Morgan fingerprint density at radius 1 is 1.77 bits per heavy atom. The highest BCUT2D eigenvalue weighted by molar-refractivity contribution is 14.1. The lowest BCUT2D eigenvalue weighted by Crippen LogP contribution is -2.30. The number of rotatable bonds is 3. The Kier molecular flexibility index (Phi) is 4.44. The first-order valence-electron chi connectivity index (χ1n) is 4.14. The van der Waals surface area contributed by atoms with E-state index in [0.29, 0.717) is 12.5 Å². The third kappa shape index (κ3) is 3.91. The summed E-state index contributed by atoms with van der Waals surface area (Å²) in [7, 11) is 0. The van der Waals surface area contributed by atoms with Crippen LogP contribution in [-0.4, -0.2) is 24.2 Å². The Morgan fingerprint density at radius 2 is 2.54 bits per heavy atom. The SMILES string of the molecule is O=C(CO)NC[C@H]1C=CC(I)=CC1. The zero-order valence-corrected chi connectivity index (χ0v) is 9.32. The molecule has 0 radical (unpaired) electrons. The predicted octanol–water partition coefficient (Wildman–Crippen LogP) is 0.990. The molecule has 2 N–H and O–H groups in total. The second-order valence-electron chi connectivity index (χ2n) is 2.91. The molecule has 0 spiro atoms. The summed E-state index contributed by atoms with van der Waals surface area (Å²) in [5, 5.41) is 11.1. The van der Waals surface area contributed by atoms with Crippen molar-refractivity contribution < 1.29 is 9.90 Å². The van der Waals surface area contributed by atoms with Crippen LogP contribution in [0.25, 0.3) is 0 Å². The minimum Gasteiger partial charge on any atom is -0.387 e. The van der Waals surface area contributed by atoms with Crippen molar-refractivity contribution in [2.45, 2.75) is 6.42 Å². The first-order valence-corrected chi connectivity index (χ1v) is 5.21. The van der Waals surface area contributed by atoms with Crippen molar-refractivity contribution in [2.75, 3.05) is 13.2 Å². The van der Waals surface area contributed by atoms with Crippen LogP contribution in [0.5, 0.6) is 0 Å². The van der Waals surface area contributed by atoms with Crippen LogP contribution in [-0.2, 0) is 4.79 Å². The Labute approximate surface area is 91.0 Å². The summed E-state index contributed by atoms with van der Waals surface area (Å²) in [6, 6.07) is 0. The van der Waals surface area contributed by atoms with Crippen LogP contribution in [0.3, 0.4) is 0 Å². The number of carbonyl (C=O) groups excluding carboxylic acids is 1. The molecule has 0 saturated heterocycles. The molecule has 3 nitrogen and oxygen atoms in total. The van der Waals surface area contributed by atoms with E-state index in [9.17, 15) is 4.79 Å². The highest BCUT2D eigenvalue weighted by Crippen LogP contribution is 2.19. The van der Waals surface area contributed by atoms with Gasteiger partial charge >= 0.3 is 0 Å². The lowest BCUT2D eigenvalue weighted by atomic mass is 10.0. The molecule has 0 aromatic carbocycles. The van der Waals surface area contributed by atoms with Crippen molar-refractivity contribution in [3.8, 4) is 0 Å². The van der Waals surface area contributed by atoms with Gasteiger partial charge in [0.15, 0.2) is 0 Å². The number of aliphatic hydroxyl groups is 1. The highest BCUT2D eigenvalue weighted by atomic mass is 127. The van der Waals surface area contributed by atoms with Gasteiger partial charge in [-0.25, -0.2) is 0 Å². The molecule has 0 fully saturated rings. The normalized spacial score (nSPS) is 21.1. The molecule has 1 aliphatic rings. The van der Waals surface area contributed by atoms with Gasteiger partial charge in [-0.1, -0.05) is 18.2 Å².